The summed E-state index contributed by atoms with van der Waals surface area (Å²) in [6.45, 7) is 0.877. The Morgan fingerprint density at radius 1 is 1.29 bits per heavy atom. The molecule has 0 atom stereocenters. The Balaban J connectivity index is 1.55. The zero-order valence-corrected chi connectivity index (χ0v) is 16.2. The number of benzene rings is 1. The van der Waals surface area contributed by atoms with E-state index < -0.39 is 10.0 Å². The number of carbonyl (C=O) groups is 2. The minimum atomic E-state index is -3.78. The van der Waals surface area contributed by atoms with Crippen LogP contribution in [-0.4, -0.2) is 51.8 Å². The van der Waals surface area contributed by atoms with E-state index in [4.69, 9.17) is 9.56 Å². The molecule has 2 aromatic rings. The number of sulfonamides is 1. The average molecular weight is 406 g/mol. The summed E-state index contributed by atoms with van der Waals surface area (Å²) >= 11 is 0. The number of nitrogens with two attached hydrogens (primary N) is 1. The predicted octanol–water partition coefficient (Wildman–Crippen LogP) is 0.0643. The molecule has 0 aliphatic carbocycles. The maximum Gasteiger partial charge on any atom is 0.241 e. The topological polar surface area (TPSA) is 126 Å². The SMILES string of the molecule is CN(CC(=O)NCc1ccco1)CC(=O)N1CCc2cc(S(N)(=O)=O)ccc21. The van der Waals surface area contributed by atoms with Gasteiger partial charge >= 0.3 is 0 Å². The normalized spacial score (nSPS) is 13.6. The van der Waals surface area contributed by atoms with E-state index in [-0.39, 0.29) is 29.8 Å². The number of fused-ring (bicyclic) bond motifs is 1. The van der Waals surface area contributed by atoms with Crippen LogP contribution in [0.2, 0.25) is 0 Å². The maximum atomic E-state index is 12.6. The van der Waals surface area contributed by atoms with Crippen LogP contribution in [0.15, 0.2) is 45.9 Å². The fourth-order valence-electron chi connectivity index (χ4n) is 3.09. The lowest BCUT2D eigenvalue weighted by molar-refractivity contribution is -0.123. The number of primary sulfonamides is 1. The molecule has 0 bridgehead atoms. The molecule has 0 spiro atoms. The number of hydrogen-bond acceptors (Lipinski definition) is 6. The van der Waals surface area contributed by atoms with Crippen molar-refractivity contribution in [3.05, 3.63) is 47.9 Å². The molecule has 2 heterocycles. The van der Waals surface area contributed by atoms with Crippen LogP contribution in [0.4, 0.5) is 5.69 Å². The summed E-state index contributed by atoms with van der Waals surface area (Å²) in [6.07, 6.45) is 2.09. The van der Waals surface area contributed by atoms with Crippen LogP contribution in [0.3, 0.4) is 0 Å². The number of furan rings is 1. The Morgan fingerprint density at radius 2 is 2.07 bits per heavy atom. The van der Waals surface area contributed by atoms with E-state index in [1.165, 1.54) is 18.4 Å². The summed E-state index contributed by atoms with van der Waals surface area (Å²) < 4.78 is 28.1. The predicted molar refractivity (Wildman–Crippen MR) is 102 cm³/mol. The van der Waals surface area contributed by atoms with Crippen molar-refractivity contribution < 1.29 is 22.4 Å². The van der Waals surface area contributed by atoms with Crippen LogP contribution >= 0.6 is 0 Å². The number of likely N-dealkylation sites (N-methyl/N-ethyl adjacent to an activating group) is 1. The number of rotatable bonds is 7. The van der Waals surface area contributed by atoms with E-state index in [1.807, 2.05) is 0 Å². The van der Waals surface area contributed by atoms with Gasteiger partial charge in [-0.1, -0.05) is 0 Å². The lowest BCUT2D eigenvalue weighted by Gasteiger charge is -2.22. The smallest absolute Gasteiger partial charge is 0.241 e. The van der Waals surface area contributed by atoms with Gasteiger partial charge in [-0.3, -0.25) is 14.5 Å². The minimum absolute atomic E-state index is 0.0332. The molecule has 0 radical (unpaired) electrons. The molecule has 2 amide bonds. The second kappa shape index (κ2) is 8.13. The van der Waals surface area contributed by atoms with Crippen LogP contribution in [0.25, 0.3) is 0 Å². The highest BCUT2D eigenvalue weighted by Gasteiger charge is 2.26. The second-order valence-corrected chi connectivity index (χ2v) is 8.22. The van der Waals surface area contributed by atoms with Crippen molar-refractivity contribution >= 4 is 27.5 Å². The summed E-state index contributed by atoms with van der Waals surface area (Å²) in [6, 6.07) is 8.00. The van der Waals surface area contributed by atoms with Crippen LogP contribution in [0.1, 0.15) is 11.3 Å². The van der Waals surface area contributed by atoms with Gasteiger partial charge in [0.1, 0.15) is 5.76 Å². The molecule has 0 fully saturated rings. The number of carbonyl (C=O) groups excluding carboxylic acids is 2. The quantitative estimate of drug-likeness (QED) is 0.670. The molecule has 1 aromatic heterocycles. The molecule has 3 rings (SSSR count). The molecule has 0 saturated carbocycles. The third kappa shape index (κ3) is 4.77. The van der Waals surface area contributed by atoms with Gasteiger partial charge in [0.15, 0.2) is 0 Å². The summed E-state index contributed by atoms with van der Waals surface area (Å²) in [5, 5.41) is 7.88. The molecule has 0 saturated heterocycles. The number of nitrogens with zero attached hydrogens (tertiary/aromatic N) is 2. The third-order valence-electron chi connectivity index (χ3n) is 4.43. The van der Waals surface area contributed by atoms with Gasteiger partial charge in [0.25, 0.3) is 0 Å². The van der Waals surface area contributed by atoms with E-state index in [1.54, 1.807) is 35.0 Å². The summed E-state index contributed by atoms with van der Waals surface area (Å²) in [4.78, 5) is 27.9. The van der Waals surface area contributed by atoms with Crippen molar-refractivity contribution in [3.63, 3.8) is 0 Å². The van der Waals surface area contributed by atoms with Crippen LogP contribution in [0, 0.1) is 0 Å². The van der Waals surface area contributed by atoms with Crippen LogP contribution < -0.4 is 15.4 Å². The first kappa shape index (κ1) is 20.1. The van der Waals surface area contributed by atoms with Gasteiger partial charge in [-0.25, -0.2) is 13.6 Å². The van der Waals surface area contributed by atoms with Gasteiger partial charge in [-0.15, -0.1) is 0 Å². The van der Waals surface area contributed by atoms with E-state index in [0.717, 1.165) is 5.56 Å². The highest BCUT2D eigenvalue weighted by molar-refractivity contribution is 7.89. The molecule has 0 unspecified atom stereocenters. The van der Waals surface area contributed by atoms with Crippen molar-refractivity contribution in [2.75, 3.05) is 31.6 Å². The molecule has 28 heavy (non-hydrogen) atoms. The fraction of sp³-hybridized carbons (Fsp3) is 0.333. The lowest BCUT2D eigenvalue weighted by Crippen LogP contribution is -2.42. The largest absolute Gasteiger partial charge is 0.467 e. The molecule has 1 aliphatic rings. The zero-order chi connectivity index (χ0) is 20.3. The molecular weight excluding hydrogens is 384 g/mol. The number of anilines is 1. The van der Waals surface area contributed by atoms with Gasteiger partial charge in [0.05, 0.1) is 30.8 Å². The summed E-state index contributed by atoms with van der Waals surface area (Å²) in [5.41, 5.74) is 1.44. The highest BCUT2D eigenvalue weighted by Crippen LogP contribution is 2.30. The Morgan fingerprint density at radius 3 is 2.75 bits per heavy atom. The van der Waals surface area contributed by atoms with Gasteiger partial charge in [-0.05, 0) is 49.4 Å². The minimum Gasteiger partial charge on any atom is -0.467 e. The van der Waals surface area contributed by atoms with E-state index in [9.17, 15) is 18.0 Å². The summed E-state index contributed by atoms with van der Waals surface area (Å²) in [5.74, 6) is 0.273. The average Bonchev–Trinajstić information content (AvgIpc) is 3.28. The van der Waals surface area contributed by atoms with Crippen molar-refractivity contribution in [2.24, 2.45) is 5.14 Å². The molecule has 10 heteroatoms. The molecule has 1 aliphatic heterocycles. The highest BCUT2D eigenvalue weighted by atomic mass is 32.2. The Labute approximate surface area is 163 Å². The van der Waals surface area contributed by atoms with Crippen molar-refractivity contribution in [1.29, 1.82) is 0 Å². The molecule has 3 N–H and O–H groups in total. The first-order valence-corrected chi connectivity index (χ1v) is 10.2. The molecule has 9 nitrogen and oxygen atoms in total. The monoisotopic (exact) mass is 406 g/mol. The van der Waals surface area contributed by atoms with Gasteiger partial charge in [0.2, 0.25) is 21.8 Å². The van der Waals surface area contributed by atoms with Crippen molar-refractivity contribution in [3.8, 4) is 0 Å². The van der Waals surface area contributed by atoms with E-state index >= 15 is 0 Å². The third-order valence-corrected chi connectivity index (χ3v) is 5.35. The Kier molecular flexibility index (Phi) is 5.82. The van der Waals surface area contributed by atoms with Crippen molar-refractivity contribution in [2.45, 2.75) is 17.9 Å². The summed E-state index contributed by atoms with van der Waals surface area (Å²) in [7, 11) is -2.09. The molecule has 150 valence electrons. The maximum absolute atomic E-state index is 12.6. The van der Waals surface area contributed by atoms with Crippen molar-refractivity contribution in [1.82, 2.24) is 10.2 Å². The second-order valence-electron chi connectivity index (χ2n) is 6.66. The lowest BCUT2D eigenvalue weighted by atomic mass is 10.2. The molecule has 1 aromatic carbocycles. The Hall–Kier alpha value is -2.69. The van der Waals surface area contributed by atoms with E-state index in [0.29, 0.717) is 31.0 Å². The zero-order valence-electron chi connectivity index (χ0n) is 15.4. The van der Waals surface area contributed by atoms with E-state index in [2.05, 4.69) is 5.32 Å². The number of amides is 2. The number of nitrogens with one attached hydrogen (secondary N) is 1. The first-order valence-electron chi connectivity index (χ1n) is 8.68. The Bertz CT molecular complexity index is 972. The van der Waals surface area contributed by atoms with Crippen LogP contribution in [0.5, 0.6) is 0 Å². The fourth-order valence-corrected chi connectivity index (χ4v) is 3.65. The first-order chi connectivity index (χ1) is 13.2. The van der Waals surface area contributed by atoms with Crippen LogP contribution in [-0.2, 0) is 32.6 Å². The molecular formula is C18H22N4O5S. The van der Waals surface area contributed by atoms with Gasteiger partial charge in [0, 0.05) is 12.2 Å². The van der Waals surface area contributed by atoms with Gasteiger partial charge in [-0.2, -0.15) is 0 Å². The number of hydrogen-bond donors (Lipinski definition) is 2. The van der Waals surface area contributed by atoms with Gasteiger partial charge < -0.3 is 14.6 Å². The standard InChI is InChI=1S/C18H22N4O5S/c1-21(11-17(23)20-10-14-3-2-8-27-14)12-18(24)22-7-6-13-9-15(28(19,25)26)4-5-16(13)22/h2-5,8-9H,6-7,10-12H2,1H3,(H,20,23)(H2,19,25,26).